The van der Waals surface area contributed by atoms with E-state index in [-0.39, 0.29) is 11.5 Å². The molecular formula is C26H28N2O5. The van der Waals surface area contributed by atoms with Crippen LogP contribution < -0.4 is 14.8 Å². The van der Waals surface area contributed by atoms with Crippen molar-refractivity contribution in [3.05, 3.63) is 94.5 Å². The summed E-state index contributed by atoms with van der Waals surface area (Å²) >= 11 is 0. The van der Waals surface area contributed by atoms with Gasteiger partial charge in [-0.2, -0.15) is 0 Å². The molecule has 7 nitrogen and oxygen atoms in total. The summed E-state index contributed by atoms with van der Waals surface area (Å²) in [5.41, 5.74) is 3.20. The number of ether oxygens (including phenoxy) is 2. The number of amides is 1. The topological polar surface area (TPSA) is 88.1 Å². The van der Waals surface area contributed by atoms with E-state index in [1.54, 1.807) is 31.4 Å². The zero-order valence-electron chi connectivity index (χ0n) is 19.0. The standard InChI is InChI=1S/C26H28N2O5/c1-28(17-20-8-6-10-23(33-3)24(20)26(30)31)16-19-7-4-5-9-22(19)25(29)27-15-18-11-13-21(32-2)14-12-18/h4-14H,15-17H2,1-3H3,(H,27,29)(H,30,31). The van der Waals surface area contributed by atoms with Crippen molar-refractivity contribution in [2.45, 2.75) is 19.6 Å². The summed E-state index contributed by atoms with van der Waals surface area (Å²) < 4.78 is 10.4. The number of carboxylic acid groups (broad SMARTS) is 1. The molecule has 0 saturated carbocycles. The molecule has 1 amide bonds. The number of methoxy groups -OCH3 is 2. The van der Waals surface area contributed by atoms with E-state index in [4.69, 9.17) is 9.47 Å². The number of carbonyl (C=O) groups excluding carboxylic acids is 1. The van der Waals surface area contributed by atoms with Crippen molar-refractivity contribution in [1.29, 1.82) is 0 Å². The van der Waals surface area contributed by atoms with Crippen molar-refractivity contribution in [1.82, 2.24) is 10.2 Å². The fourth-order valence-corrected chi connectivity index (χ4v) is 3.66. The quantitative estimate of drug-likeness (QED) is 0.488. The molecular weight excluding hydrogens is 420 g/mol. The molecule has 0 aliphatic rings. The summed E-state index contributed by atoms with van der Waals surface area (Å²) in [4.78, 5) is 26.6. The second kappa shape index (κ2) is 11.2. The third kappa shape index (κ3) is 6.11. The highest BCUT2D eigenvalue weighted by Gasteiger charge is 2.18. The van der Waals surface area contributed by atoms with Gasteiger partial charge in [0, 0.05) is 25.2 Å². The van der Waals surface area contributed by atoms with Crippen LogP contribution in [0.3, 0.4) is 0 Å². The van der Waals surface area contributed by atoms with Crippen LogP contribution in [0.4, 0.5) is 0 Å². The number of rotatable bonds is 10. The third-order valence-corrected chi connectivity index (χ3v) is 5.30. The Hall–Kier alpha value is -3.84. The molecule has 0 saturated heterocycles. The van der Waals surface area contributed by atoms with Crippen LogP contribution in [0.5, 0.6) is 11.5 Å². The minimum Gasteiger partial charge on any atom is -0.497 e. The normalized spacial score (nSPS) is 10.7. The Morgan fingerprint density at radius 2 is 1.55 bits per heavy atom. The number of carbonyl (C=O) groups is 2. The molecule has 7 heteroatoms. The molecule has 2 N–H and O–H groups in total. The lowest BCUT2D eigenvalue weighted by molar-refractivity contribution is 0.0690. The molecule has 0 aromatic heterocycles. The van der Waals surface area contributed by atoms with Crippen LogP contribution in [0.25, 0.3) is 0 Å². The molecule has 0 aliphatic heterocycles. The van der Waals surface area contributed by atoms with Gasteiger partial charge in [-0.25, -0.2) is 4.79 Å². The van der Waals surface area contributed by atoms with Gasteiger partial charge < -0.3 is 19.9 Å². The predicted molar refractivity (Wildman–Crippen MR) is 126 cm³/mol. The molecule has 3 aromatic rings. The van der Waals surface area contributed by atoms with Crippen LogP contribution >= 0.6 is 0 Å². The van der Waals surface area contributed by atoms with E-state index >= 15 is 0 Å². The second-order valence-corrected chi connectivity index (χ2v) is 7.66. The van der Waals surface area contributed by atoms with Crippen molar-refractivity contribution < 1.29 is 24.2 Å². The maximum atomic E-state index is 12.9. The molecule has 0 bridgehead atoms. The van der Waals surface area contributed by atoms with Gasteiger partial charge in [-0.05, 0) is 48.0 Å². The molecule has 33 heavy (non-hydrogen) atoms. The highest BCUT2D eigenvalue weighted by atomic mass is 16.5. The van der Waals surface area contributed by atoms with Gasteiger partial charge in [0.2, 0.25) is 0 Å². The van der Waals surface area contributed by atoms with E-state index in [1.165, 1.54) is 7.11 Å². The molecule has 0 radical (unpaired) electrons. The maximum absolute atomic E-state index is 12.9. The highest BCUT2D eigenvalue weighted by Crippen LogP contribution is 2.24. The molecule has 3 rings (SSSR count). The highest BCUT2D eigenvalue weighted by molar-refractivity contribution is 5.95. The smallest absolute Gasteiger partial charge is 0.339 e. The predicted octanol–water partition coefficient (Wildman–Crippen LogP) is 3.96. The van der Waals surface area contributed by atoms with Crippen LogP contribution in [0, 0.1) is 0 Å². The van der Waals surface area contributed by atoms with Crippen molar-refractivity contribution in [3.63, 3.8) is 0 Å². The van der Waals surface area contributed by atoms with E-state index in [0.717, 1.165) is 16.9 Å². The number of nitrogens with one attached hydrogen (secondary N) is 1. The number of benzene rings is 3. The summed E-state index contributed by atoms with van der Waals surface area (Å²) in [5, 5.41) is 12.6. The second-order valence-electron chi connectivity index (χ2n) is 7.66. The fourth-order valence-electron chi connectivity index (χ4n) is 3.66. The minimum atomic E-state index is -1.03. The first kappa shape index (κ1) is 23.8. The molecule has 0 spiro atoms. The van der Waals surface area contributed by atoms with Crippen LogP contribution in [0.15, 0.2) is 66.7 Å². The molecule has 0 unspecified atom stereocenters. The van der Waals surface area contributed by atoms with Gasteiger partial charge in [0.05, 0.1) is 14.2 Å². The molecule has 0 atom stereocenters. The molecule has 3 aromatic carbocycles. The molecule has 0 aliphatic carbocycles. The van der Waals surface area contributed by atoms with E-state index in [2.05, 4.69) is 5.32 Å². The third-order valence-electron chi connectivity index (χ3n) is 5.30. The molecule has 0 heterocycles. The minimum absolute atomic E-state index is 0.150. The molecule has 172 valence electrons. The number of nitrogens with zero attached hydrogens (tertiary/aromatic N) is 1. The summed E-state index contributed by atoms with van der Waals surface area (Å²) in [6.07, 6.45) is 0. The van der Waals surface area contributed by atoms with Crippen LogP contribution in [-0.4, -0.2) is 43.2 Å². The van der Waals surface area contributed by atoms with E-state index < -0.39 is 5.97 Å². The summed E-state index contributed by atoms with van der Waals surface area (Å²) in [6, 6.07) is 20.1. The zero-order chi connectivity index (χ0) is 23.8. The number of aromatic carboxylic acids is 1. The SMILES string of the molecule is COc1ccc(CNC(=O)c2ccccc2CN(C)Cc2cccc(OC)c2C(=O)O)cc1. The van der Waals surface area contributed by atoms with Gasteiger partial charge in [0.1, 0.15) is 17.1 Å². The first-order valence-corrected chi connectivity index (χ1v) is 10.5. The first-order chi connectivity index (χ1) is 15.9. The maximum Gasteiger partial charge on any atom is 0.339 e. The van der Waals surface area contributed by atoms with Crippen LogP contribution in [0.2, 0.25) is 0 Å². The lowest BCUT2D eigenvalue weighted by atomic mass is 10.0. The van der Waals surface area contributed by atoms with Crippen molar-refractivity contribution in [2.24, 2.45) is 0 Å². The van der Waals surface area contributed by atoms with Crippen LogP contribution in [-0.2, 0) is 19.6 Å². The van der Waals surface area contributed by atoms with E-state index in [1.807, 2.05) is 54.4 Å². The largest absolute Gasteiger partial charge is 0.497 e. The Balaban J connectivity index is 1.70. The van der Waals surface area contributed by atoms with E-state index in [9.17, 15) is 14.7 Å². The Kier molecular flexibility index (Phi) is 8.05. The van der Waals surface area contributed by atoms with Gasteiger partial charge >= 0.3 is 5.97 Å². The van der Waals surface area contributed by atoms with Gasteiger partial charge in [-0.15, -0.1) is 0 Å². The summed E-state index contributed by atoms with van der Waals surface area (Å²) in [6.45, 7) is 1.27. The van der Waals surface area contributed by atoms with Gasteiger partial charge in [0.15, 0.2) is 0 Å². The summed E-state index contributed by atoms with van der Waals surface area (Å²) in [7, 11) is 4.95. The average molecular weight is 449 g/mol. The monoisotopic (exact) mass is 448 g/mol. The Morgan fingerprint density at radius 1 is 0.879 bits per heavy atom. The Morgan fingerprint density at radius 3 is 2.21 bits per heavy atom. The Labute approximate surface area is 193 Å². The molecule has 0 fully saturated rings. The van der Waals surface area contributed by atoms with Gasteiger partial charge in [-0.3, -0.25) is 9.69 Å². The fraction of sp³-hybridized carbons (Fsp3) is 0.231. The van der Waals surface area contributed by atoms with Crippen LogP contribution in [0.1, 0.15) is 37.4 Å². The summed E-state index contributed by atoms with van der Waals surface area (Å²) in [5.74, 6) is -0.108. The van der Waals surface area contributed by atoms with Crippen molar-refractivity contribution in [3.8, 4) is 11.5 Å². The van der Waals surface area contributed by atoms with Gasteiger partial charge in [-0.1, -0.05) is 42.5 Å². The average Bonchev–Trinajstić information content (AvgIpc) is 2.82. The van der Waals surface area contributed by atoms with Gasteiger partial charge in [0.25, 0.3) is 5.91 Å². The lowest BCUT2D eigenvalue weighted by Gasteiger charge is -2.20. The first-order valence-electron chi connectivity index (χ1n) is 10.5. The number of hydrogen-bond donors (Lipinski definition) is 2. The van der Waals surface area contributed by atoms with Crippen molar-refractivity contribution in [2.75, 3.05) is 21.3 Å². The Bertz CT molecular complexity index is 1110. The van der Waals surface area contributed by atoms with E-state index in [0.29, 0.717) is 36.5 Å². The lowest BCUT2D eigenvalue weighted by Crippen LogP contribution is -2.26. The number of carboxylic acids is 1. The zero-order valence-corrected chi connectivity index (χ0v) is 19.0. The number of hydrogen-bond acceptors (Lipinski definition) is 5. The van der Waals surface area contributed by atoms with Crippen molar-refractivity contribution >= 4 is 11.9 Å².